The number of benzene rings is 2. The standard InChI is InChI=1S/C24H22F3N3O6S/c1-14-20(22(32)36-10-9-31)21(18-8-7-15(13-28)11-19(18)37(3,34)35)29(2)23(33)30(14)17-6-4-5-16(12-17)24(25,26)27/h4-8,11-12,21,31H,9-10H2,1-3H3/t21-/m1/s1. The Labute approximate surface area is 210 Å². The Balaban J connectivity index is 2.32. The second kappa shape index (κ2) is 10.2. The summed E-state index contributed by atoms with van der Waals surface area (Å²) in [5.41, 5.74) is -1.53. The molecule has 0 bridgehead atoms. The quantitative estimate of drug-likeness (QED) is 0.560. The van der Waals surface area contributed by atoms with Gasteiger partial charge in [0, 0.05) is 19.0 Å². The zero-order chi connectivity index (χ0) is 27.7. The largest absolute Gasteiger partial charge is 0.460 e. The summed E-state index contributed by atoms with van der Waals surface area (Å²) in [5.74, 6) is -1.02. The van der Waals surface area contributed by atoms with Crippen molar-refractivity contribution in [1.82, 2.24) is 4.90 Å². The number of nitrogens with zero attached hydrogens (tertiary/aromatic N) is 3. The first-order valence-electron chi connectivity index (χ1n) is 10.7. The van der Waals surface area contributed by atoms with Crippen LogP contribution in [0.25, 0.3) is 0 Å². The third kappa shape index (κ3) is 5.45. The number of sulfone groups is 1. The molecule has 3 rings (SSSR count). The zero-order valence-electron chi connectivity index (χ0n) is 19.9. The number of allylic oxidation sites excluding steroid dienone is 1. The third-order valence-electron chi connectivity index (χ3n) is 5.69. The number of likely N-dealkylation sites (N-methyl/N-ethyl adjacent to an activating group) is 1. The number of aliphatic hydroxyl groups excluding tert-OH is 1. The van der Waals surface area contributed by atoms with Gasteiger partial charge >= 0.3 is 18.2 Å². The molecular weight excluding hydrogens is 515 g/mol. The monoisotopic (exact) mass is 537 g/mol. The number of esters is 1. The summed E-state index contributed by atoms with van der Waals surface area (Å²) in [7, 11) is -2.72. The van der Waals surface area contributed by atoms with Crippen molar-refractivity contribution >= 4 is 27.5 Å². The molecule has 37 heavy (non-hydrogen) atoms. The number of hydrogen-bond acceptors (Lipinski definition) is 7. The first-order valence-corrected chi connectivity index (χ1v) is 12.6. The molecule has 0 saturated carbocycles. The fourth-order valence-corrected chi connectivity index (χ4v) is 4.99. The number of hydrogen-bond donors (Lipinski definition) is 1. The van der Waals surface area contributed by atoms with Gasteiger partial charge in [0.25, 0.3) is 0 Å². The second-order valence-electron chi connectivity index (χ2n) is 8.17. The highest BCUT2D eigenvalue weighted by Gasteiger charge is 2.43. The van der Waals surface area contributed by atoms with Crippen molar-refractivity contribution in [2.45, 2.75) is 24.0 Å². The van der Waals surface area contributed by atoms with Crippen molar-refractivity contribution in [2.75, 3.05) is 31.4 Å². The first-order chi connectivity index (χ1) is 17.2. The fourth-order valence-electron chi connectivity index (χ4n) is 4.04. The van der Waals surface area contributed by atoms with E-state index >= 15 is 0 Å². The van der Waals surface area contributed by atoms with E-state index in [1.54, 1.807) is 0 Å². The molecule has 9 nitrogen and oxygen atoms in total. The predicted octanol–water partition coefficient (Wildman–Crippen LogP) is 3.40. The molecule has 13 heteroatoms. The summed E-state index contributed by atoms with van der Waals surface area (Å²) in [5, 5.41) is 18.4. The van der Waals surface area contributed by atoms with Crippen LogP contribution in [-0.4, -0.2) is 56.9 Å². The third-order valence-corrected chi connectivity index (χ3v) is 6.84. The van der Waals surface area contributed by atoms with E-state index < -0.39 is 52.8 Å². The number of halogens is 3. The maximum absolute atomic E-state index is 13.5. The Morgan fingerprint density at radius 3 is 2.46 bits per heavy atom. The molecule has 1 heterocycles. The number of carbonyl (C=O) groups excluding carboxylic acids is 2. The Kier molecular flexibility index (Phi) is 7.66. The molecule has 0 aliphatic carbocycles. The van der Waals surface area contributed by atoms with Crippen LogP contribution in [0.5, 0.6) is 0 Å². The highest BCUT2D eigenvalue weighted by molar-refractivity contribution is 7.90. The number of aliphatic hydroxyl groups is 1. The molecule has 0 spiro atoms. The van der Waals surface area contributed by atoms with Gasteiger partial charge in [-0.05, 0) is 42.8 Å². The summed E-state index contributed by atoms with van der Waals surface area (Å²) in [6.45, 7) is 0.369. The van der Waals surface area contributed by atoms with Crippen molar-refractivity contribution < 1.29 is 41.0 Å². The molecule has 0 unspecified atom stereocenters. The molecule has 0 fully saturated rings. The van der Waals surface area contributed by atoms with E-state index in [2.05, 4.69) is 0 Å². The van der Waals surface area contributed by atoms with Gasteiger partial charge in [0.2, 0.25) is 0 Å². The molecule has 0 aromatic heterocycles. The predicted molar refractivity (Wildman–Crippen MR) is 125 cm³/mol. The number of carbonyl (C=O) groups is 2. The van der Waals surface area contributed by atoms with Gasteiger partial charge in [-0.3, -0.25) is 4.90 Å². The van der Waals surface area contributed by atoms with Crippen molar-refractivity contribution in [3.63, 3.8) is 0 Å². The zero-order valence-corrected chi connectivity index (χ0v) is 20.7. The van der Waals surface area contributed by atoms with Crippen LogP contribution in [0.1, 0.15) is 29.7 Å². The van der Waals surface area contributed by atoms with Crippen molar-refractivity contribution in [3.8, 4) is 6.07 Å². The van der Waals surface area contributed by atoms with Gasteiger partial charge in [0.05, 0.1) is 46.0 Å². The molecule has 2 aromatic carbocycles. The molecule has 2 aromatic rings. The average molecular weight is 538 g/mol. The SMILES string of the molecule is CC1=C(C(=O)OCCO)[C@@H](c2ccc(C#N)cc2S(C)(=O)=O)N(C)C(=O)N1c1cccc(C(F)(F)F)c1. The van der Waals surface area contributed by atoms with Gasteiger partial charge in [0.15, 0.2) is 9.84 Å². The number of anilines is 1. The maximum atomic E-state index is 13.5. The molecule has 0 saturated heterocycles. The lowest BCUT2D eigenvalue weighted by molar-refractivity contribution is -0.141. The number of rotatable bonds is 6. The van der Waals surface area contributed by atoms with Crippen LogP contribution in [-0.2, 0) is 25.5 Å². The van der Waals surface area contributed by atoms with Crippen LogP contribution in [0.15, 0.2) is 58.6 Å². The Hall–Kier alpha value is -3.89. The van der Waals surface area contributed by atoms with E-state index in [1.165, 1.54) is 32.2 Å². The van der Waals surface area contributed by atoms with Crippen LogP contribution in [0.2, 0.25) is 0 Å². The van der Waals surface area contributed by atoms with Crippen LogP contribution >= 0.6 is 0 Å². The summed E-state index contributed by atoms with van der Waals surface area (Å²) < 4.78 is 70.3. The molecular formula is C24H22F3N3O6S. The summed E-state index contributed by atoms with van der Waals surface area (Å²) >= 11 is 0. The Morgan fingerprint density at radius 1 is 1.22 bits per heavy atom. The minimum atomic E-state index is -4.70. The first kappa shape index (κ1) is 27.7. The lowest BCUT2D eigenvalue weighted by atomic mass is 9.92. The van der Waals surface area contributed by atoms with Crippen LogP contribution in [0.3, 0.4) is 0 Å². The van der Waals surface area contributed by atoms with Crippen LogP contribution in [0.4, 0.5) is 23.7 Å². The van der Waals surface area contributed by atoms with Gasteiger partial charge in [-0.15, -0.1) is 0 Å². The second-order valence-corrected chi connectivity index (χ2v) is 10.2. The molecule has 2 amide bonds. The topological polar surface area (TPSA) is 128 Å². The number of urea groups is 1. The van der Waals surface area contributed by atoms with E-state index in [4.69, 9.17) is 9.84 Å². The summed E-state index contributed by atoms with van der Waals surface area (Å²) in [6, 6.07) is 7.29. The van der Waals surface area contributed by atoms with Gasteiger partial charge < -0.3 is 14.7 Å². The van der Waals surface area contributed by atoms with E-state index in [9.17, 15) is 36.4 Å². The lowest BCUT2D eigenvalue weighted by Crippen LogP contribution is -2.49. The Bertz CT molecular complexity index is 1430. The van der Waals surface area contributed by atoms with Gasteiger partial charge in [-0.2, -0.15) is 18.4 Å². The Morgan fingerprint density at radius 2 is 1.89 bits per heavy atom. The van der Waals surface area contributed by atoms with E-state index in [1.807, 2.05) is 6.07 Å². The highest BCUT2D eigenvalue weighted by atomic mass is 32.2. The van der Waals surface area contributed by atoms with Crippen LogP contribution < -0.4 is 4.90 Å². The van der Waals surface area contributed by atoms with Crippen LogP contribution in [0, 0.1) is 11.3 Å². The molecule has 1 atom stereocenters. The van der Waals surface area contributed by atoms with E-state index in [0.29, 0.717) is 0 Å². The smallest absolute Gasteiger partial charge is 0.416 e. The van der Waals surface area contributed by atoms with Crippen molar-refractivity contribution in [3.05, 3.63) is 70.4 Å². The van der Waals surface area contributed by atoms with Crippen molar-refractivity contribution in [2.24, 2.45) is 0 Å². The van der Waals surface area contributed by atoms with Gasteiger partial charge in [-0.25, -0.2) is 18.0 Å². The highest BCUT2D eigenvalue weighted by Crippen LogP contribution is 2.42. The summed E-state index contributed by atoms with van der Waals surface area (Å²) in [6.07, 6.45) is -3.80. The molecule has 196 valence electrons. The molecule has 0 radical (unpaired) electrons. The number of nitriles is 1. The minimum absolute atomic E-state index is 0.0173. The molecule has 1 aliphatic heterocycles. The molecule has 1 aliphatic rings. The number of ether oxygens (including phenoxy) is 1. The maximum Gasteiger partial charge on any atom is 0.416 e. The summed E-state index contributed by atoms with van der Waals surface area (Å²) in [4.78, 5) is 28.2. The normalized spacial score (nSPS) is 16.6. The van der Waals surface area contributed by atoms with Gasteiger partial charge in [0.1, 0.15) is 6.61 Å². The fraction of sp³-hybridized carbons (Fsp3) is 0.292. The van der Waals surface area contributed by atoms with Crippen molar-refractivity contribution in [1.29, 1.82) is 5.26 Å². The minimum Gasteiger partial charge on any atom is -0.460 e. The average Bonchev–Trinajstić information content (AvgIpc) is 2.83. The van der Waals surface area contributed by atoms with E-state index in [-0.39, 0.29) is 33.0 Å². The number of amides is 2. The van der Waals surface area contributed by atoms with Gasteiger partial charge in [-0.1, -0.05) is 12.1 Å². The van der Waals surface area contributed by atoms with E-state index in [0.717, 1.165) is 40.3 Å². The lowest BCUT2D eigenvalue weighted by Gasteiger charge is -2.41. The number of alkyl halides is 3. The molecule has 1 N–H and O–H groups in total.